The zero-order valence-corrected chi connectivity index (χ0v) is 37.0. The van der Waals surface area contributed by atoms with Crippen LogP contribution in [0.25, 0.3) is 0 Å². The van der Waals surface area contributed by atoms with Crippen LogP contribution in [0.15, 0.2) is 9.59 Å². The van der Waals surface area contributed by atoms with Crippen LogP contribution in [0.5, 0.6) is 0 Å². The minimum atomic E-state index is -0.398. The minimum absolute atomic E-state index is 0.123. The number of rotatable bonds is 44. The van der Waals surface area contributed by atoms with E-state index in [-0.39, 0.29) is 11.5 Å². The topological polar surface area (TPSA) is 87.7 Å². The van der Waals surface area contributed by atoms with Gasteiger partial charge in [0.05, 0.1) is 0 Å². The van der Waals surface area contributed by atoms with Crippen molar-refractivity contribution in [3.8, 4) is 0 Å². The molecule has 0 fully saturated rings. The molecule has 0 spiro atoms. The molecule has 0 aliphatic heterocycles. The fourth-order valence-corrected chi connectivity index (χ4v) is 8.38. The molecule has 2 atom stereocenters. The summed E-state index contributed by atoms with van der Waals surface area (Å²) in [7, 11) is 1.70. The summed E-state index contributed by atoms with van der Waals surface area (Å²) in [4.78, 5) is 36.8. The van der Waals surface area contributed by atoms with Crippen LogP contribution < -0.4 is 21.5 Å². The highest BCUT2D eigenvalue weighted by Gasteiger charge is 2.19. The summed E-state index contributed by atoms with van der Waals surface area (Å²) in [5, 5.41) is 6.07. The van der Waals surface area contributed by atoms with E-state index in [4.69, 9.17) is 4.74 Å². The molecule has 0 heterocycles. The maximum Gasteiger partial charge on any atom is 0.293 e. The van der Waals surface area contributed by atoms with Crippen LogP contribution in [0.1, 0.15) is 233 Å². The highest BCUT2D eigenvalue weighted by atomic mass is 16.5. The Bertz CT molecular complexity index is 1050. The van der Waals surface area contributed by atoms with Crippen molar-refractivity contribution in [1.29, 1.82) is 0 Å². The normalized spacial score (nSPS) is 12.7. The summed E-state index contributed by atoms with van der Waals surface area (Å²) in [6.45, 7) is 11.4. The first kappa shape index (κ1) is 51.1. The van der Waals surface area contributed by atoms with E-state index in [1.807, 2.05) is 0 Å². The SMILES string of the molecule is CCCCCCCCN(CCCCCCCCCC(CCCCCC)CCCCCCCCCCCCC(CC)OC=O)CCCNc1c(NC)c(=O)c1=O. The zero-order chi connectivity index (χ0) is 40.0. The Balaban J connectivity index is 2.20. The third kappa shape index (κ3) is 27.4. The number of nitrogens with zero attached hydrogens (tertiary/aromatic N) is 1. The average molecular weight is 774 g/mol. The molecule has 0 saturated carbocycles. The molecule has 0 bridgehead atoms. The van der Waals surface area contributed by atoms with Crippen LogP contribution >= 0.6 is 0 Å². The molecular formula is C48H91N3O4. The molecule has 0 aromatic heterocycles. The quantitative estimate of drug-likeness (QED) is 0.0388. The predicted octanol–water partition coefficient (Wildman–Crippen LogP) is 13.1. The first-order chi connectivity index (χ1) is 27.0. The molecule has 7 heteroatoms. The number of ether oxygens (including phenoxy) is 1. The Labute approximate surface area is 340 Å². The minimum Gasteiger partial charge on any atom is -0.465 e. The molecule has 1 rings (SSSR count). The van der Waals surface area contributed by atoms with Crippen LogP contribution in [0.4, 0.5) is 11.4 Å². The molecule has 7 nitrogen and oxygen atoms in total. The van der Waals surface area contributed by atoms with Gasteiger partial charge in [0.25, 0.3) is 17.3 Å². The van der Waals surface area contributed by atoms with Gasteiger partial charge < -0.3 is 20.3 Å². The van der Waals surface area contributed by atoms with Crippen LogP contribution in [-0.4, -0.2) is 50.7 Å². The van der Waals surface area contributed by atoms with Crippen molar-refractivity contribution >= 4 is 17.8 Å². The lowest BCUT2D eigenvalue weighted by Gasteiger charge is -2.23. The Morgan fingerprint density at radius 2 is 0.891 bits per heavy atom. The van der Waals surface area contributed by atoms with Gasteiger partial charge in [-0.05, 0) is 64.1 Å². The van der Waals surface area contributed by atoms with Gasteiger partial charge in [0, 0.05) is 13.6 Å². The van der Waals surface area contributed by atoms with Gasteiger partial charge >= 0.3 is 0 Å². The zero-order valence-electron chi connectivity index (χ0n) is 37.0. The number of anilines is 2. The molecule has 0 aliphatic rings. The summed E-state index contributed by atoms with van der Waals surface area (Å²) < 4.78 is 5.12. The second-order valence-corrected chi connectivity index (χ2v) is 16.9. The van der Waals surface area contributed by atoms with Gasteiger partial charge in [0.1, 0.15) is 17.5 Å². The van der Waals surface area contributed by atoms with E-state index in [9.17, 15) is 14.4 Å². The third-order valence-corrected chi connectivity index (χ3v) is 12.1. The lowest BCUT2D eigenvalue weighted by atomic mass is 9.89. The molecule has 0 saturated heterocycles. The van der Waals surface area contributed by atoms with E-state index in [1.54, 1.807) is 7.05 Å². The highest BCUT2D eigenvalue weighted by molar-refractivity contribution is 5.73. The van der Waals surface area contributed by atoms with E-state index in [2.05, 4.69) is 36.3 Å². The van der Waals surface area contributed by atoms with Crippen molar-refractivity contribution in [2.75, 3.05) is 43.9 Å². The third-order valence-electron chi connectivity index (χ3n) is 12.1. The van der Waals surface area contributed by atoms with Gasteiger partial charge in [-0.1, -0.05) is 194 Å². The fourth-order valence-electron chi connectivity index (χ4n) is 8.38. The lowest BCUT2D eigenvalue weighted by molar-refractivity contribution is -0.134. The predicted molar refractivity (Wildman–Crippen MR) is 240 cm³/mol. The lowest BCUT2D eigenvalue weighted by Crippen LogP contribution is -2.37. The summed E-state index contributed by atoms with van der Waals surface area (Å²) in [6, 6.07) is 0. The number of hydrogen-bond donors (Lipinski definition) is 2. The van der Waals surface area contributed by atoms with E-state index >= 15 is 0 Å². The van der Waals surface area contributed by atoms with Crippen molar-refractivity contribution in [2.45, 2.75) is 239 Å². The molecular weight excluding hydrogens is 683 g/mol. The van der Waals surface area contributed by atoms with Crippen molar-refractivity contribution in [3.63, 3.8) is 0 Å². The smallest absolute Gasteiger partial charge is 0.293 e. The second kappa shape index (κ2) is 37.7. The summed E-state index contributed by atoms with van der Waals surface area (Å²) in [5.41, 5.74) is 0.130. The number of hydrogen-bond acceptors (Lipinski definition) is 7. The molecule has 2 N–H and O–H groups in total. The van der Waals surface area contributed by atoms with Crippen molar-refractivity contribution in [3.05, 3.63) is 20.4 Å². The molecule has 0 aliphatic carbocycles. The maximum absolute atomic E-state index is 11.9. The molecule has 322 valence electrons. The first-order valence-electron chi connectivity index (χ1n) is 24.1. The molecule has 55 heavy (non-hydrogen) atoms. The summed E-state index contributed by atoms with van der Waals surface area (Å²) in [5.74, 6) is 0.952. The van der Waals surface area contributed by atoms with Gasteiger partial charge in [-0.25, -0.2) is 0 Å². The summed E-state index contributed by atoms with van der Waals surface area (Å²) >= 11 is 0. The van der Waals surface area contributed by atoms with E-state index in [0.29, 0.717) is 17.8 Å². The number of carbonyl (C=O) groups is 1. The molecule has 0 radical (unpaired) electrons. The van der Waals surface area contributed by atoms with Crippen LogP contribution in [0.3, 0.4) is 0 Å². The van der Waals surface area contributed by atoms with Gasteiger partial charge in [0.2, 0.25) is 0 Å². The van der Waals surface area contributed by atoms with Crippen LogP contribution in [-0.2, 0) is 9.53 Å². The monoisotopic (exact) mass is 774 g/mol. The van der Waals surface area contributed by atoms with E-state index in [0.717, 1.165) is 38.3 Å². The Kier molecular flexibility index (Phi) is 35.0. The first-order valence-corrected chi connectivity index (χ1v) is 24.1. The molecule has 2 unspecified atom stereocenters. The highest BCUT2D eigenvalue weighted by Crippen LogP contribution is 2.25. The number of unbranched alkanes of at least 4 members (excludes halogenated alkanes) is 23. The van der Waals surface area contributed by atoms with Crippen molar-refractivity contribution in [1.82, 2.24) is 4.90 Å². The largest absolute Gasteiger partial charge is 0.465 e. The van der Waals surface area contributed by atoms with Crippen molar-refractivity contribution < 1.29 is 9.53 Å². The second-order valence-electron chi connectivity index (χ2n) is 16.9. The van der Waals surface area contributed by atoms with E-state index in [1.165, 1.54) is 206 Å². The maximum atomic E-state index is 11.9. The average Bonchev–Trinajstić information content (AvgIpc) is 3.20. The van der Waals surface area contributed by atoms with Gasteiger partial charge in [-0.2, -0.15) is 0 Å². The number of nitrogens with one attached hydrogen (secondary N) is 2. The molecule has 1 aromatic carbocycles. The summed E-state index contributed by atoms with van der Waals surface area (Å²) in [6.07, 6.45) is 44.2. The Morgan fingerprint density at radius 1 is 0.509 bits per heavy atom. The Hall–Kier alpha value is -1.89. The Morgan fingerprint density at radius 3 is 1.33 bits per heavy atom. The van der Waals surface area contributed by atoms with Crippen LogP contribution in [0.2, 0.25) is 0 Å². The van der Waals surface area contributed by atoms with Gasteiger partial charge in [-0.3, -0.25) is 14.4 Å². The standard InChI is InChI=1S/C48H91N3O4/c1-5-8-10-12-25-31-39-51(41-33-38-50-46-45(49-4)47(53)48(46)54)40-32-26-21-17-19-23-29-36-43(34-27-11-9-6-2)35-28-22-18-15-13-14-16-20-24-30-37-44(7-3)55-42-52/h42-44,49-50H,5-41H2,1-4H3. The van der Waals surface area contributed by atoms with Gasteiger partial charge in [-0.15, -0.1) is 0 Å². The van der Waals surface area contributed by atoms with Crippen LogP contribution in [0, 0.1) is 5.92 Å². The van der Waals surface area contributed by atoms with E-state index < -0.39 is 5.43 Å². The molecule has 1 aromatic rings. The molecule has 0 amide bonds. The van der Waals surface area contributed by atoms with Gasteiger partial charge in [0.15, 0.2) is 0 Å². The fraction of sp³-hybridized carbons (Fsp3) is 0.896. The van der Waals surface area contributed by atoms with Crippen molar-refractivity contribution in [2.24, 2.45) is 5.92 Å². The number of carbonyl (C=O) groups excluding carboxylic acids is 1.